The van der Waals surface area contributed by atoms with Crippen LogP contribution < -0.4 is 15.8 Å². The number of nitrogens with one attached hydrogen (secondary N) is 1. The Morgan fingerprint density at radius 2 is 2.00 bits per heavy atom. The number of amides is 1. The summed E-state index contributed by atoms with van der Waals surface area (Å²) < 4.78 is 5.46. The molecule has 1 fully saturated rings. The van der Waals surface area contributed by atoms with Crippen LogP contribution >= 0.6 is 0 Å². The van der Waals surface area contributed by atoms with Crippen molar-refractivity contribution in [1.29, 1.82) is 0 Å². The molecule has 0 spiro atoms. The number of hydrogen-bond donors (Lipinski definition) is 2. The second-order valence-electron chi connectivity index (χ2n) is 6.11. The molecule has 1 amide bonds. The van der Waals surface area contributed by atoms with Gasteiger partial charge in [-0.05, 0) is 31.0 Å². The lowest BCUT2D eigenvalue weighted by atomic mass is 10.0. The van der Waals surface area contributed by atoms with Gasteiger partial charge in [-0.2, -0.15) is 0 Å². The Hall–Kier alpha value is -2.04. The van der Waals surface area contributed by atoms with Gasteiger partial charge in [0, 0.05) is 17.5 Å². The molecule has 0 aromatic heterocycles. The molecule has 1 aromatic rings. The van der Waals surface area contributed by atoms with Crippen LogP contribution in [0.15, 0.2) is 18.2 Å². The van der Waals surface area contributed by atoms with Crippen LogP contribution in [0.1, 0.15) is 49.9 Å². The molecular weight excluding hydrogens is 280 g/mol. The van der Waals surface area contributed by atoms with Gasteiger partial charge in [-0.15, -0.1) is 0 Å². The SMILES string of the molecule is CC(C)C(=O)c1ccc(OCC(=O)NC2CCCC2)c(N)c1. The summed E-state index contributed by atoms with van der Waals surface area (Å²) in [6, 6.07) is 5.21. The molecule has 1 aliphatic carbocycles. The van der Waals surface area contributed by atoms with Gasteiger partial charge >= 0.3 is 0 Å². The van der Waals surface area contributed by atoms with Gasteiger partial charge in [-0.3, -0.25) is 9.59 Å². The molecule has 0 radical (unpaired) electrons. The van der Waals surface area contributed by atoms with E-state index in [1.807, 2.05) is 13.8 Å². The van der Waals surface area contributed by atoms with Crippen LogP contribution in [0.4, 0.5) is 5.69 Å². The minimum atomic E-state index is -0.131. The van der Waals surface area contributed by atoms with Gasteiger partial charge in [0.2, 0.25) is 0 Å². The van der Waals surface area contributed by atoms with Crippen LogP contribution in [0, 0.1) is 5.92 Å². The summed E-state index contributed by atoms with van der Waals surface area (Å²) >= 11 is 0. The fourth-order valence-electron chi connectivity index (χ4n) is 2.65. The molecule has 3 N–H and O–H groups in total. The number of anilines is 1. The molecule has 1 saturated carbocycles. The summed E-state index contributed by atoms with van der Waals surface area (Å²) in [5.41, 5.74) is 6.84. The van der Waals surface area contributed by atoms with Crippen molar-refractivity contribution in [3.05, 3.63) is 23.8 Å². The highest BCUT2D eigenvalue weighted by atomic mass is 16.5. The second kappa shape index (κ2) is 7.29. The Bertz CT molecular complexity index is 549. The number of nitrogens with two attached hydrogens (primary N) is 1. The van der Waals surface area contributed by atoms with Crippen molar-refractivity contribution in [2.24, 2.45) is 5.92 Å². The second-order valence-corrected chi connectivity index (χ2v) is 6.11. The molecule has 5 heteroatoms. The van der Waals surface area contributed by atoms with E-state index in [-0.39, 0.29) is 30.3 Å². The maximum absolute atomic E-state index is 11.9. The number of nitrogen functional groups attached to an aromatic ring is 1. The zero-order chi connectivity index (χ0) is 16.1. The maximum atomic E-state index is 11.9. The van der Waals surface area contributed by atoms with Crippen LogP contribution in [0.25, 0.3) is 0 Å². The van der Waals surface area contributed by atoms with Crippen LogP contribution in [0.2, 0.25) is 0 Å². The van der Waals surface area contributed by atoms with Crippen molar-refractivity contribution in [1.82, 2.24) is 5.32 Å². The first-order valence-electron chi connectivity index (χ1n) is 7.83. The van der Waals surface area contributed by atoms with Crippen molar-refractivity contribution in [3.63, 3.8) is 0 Å². The lowest BCUT2D eigenvalue weighted by molar-refractivity contribution is -0.123. The summed E-state index contributed by atoms with van der Waals surface area (Å²) in [5, 5.41) is 2.95. The number of hydrogen-bond acceptors (Lipinski definition) is 4. The monoisotopic (exact) mass is 304 g/mol. The number of ether oxygens (including phenoxy) is 1. The van der Waals surface area contributed by atoms with E-state index in [1.165, 1.54) is 12.8 Å². The molecule has 22 heavy (non-hydrogen) atoms. The van der Waals surface area contributed by atoms with Crippen LogP contribution in [0.3, 0.4) is 0 Å². The number of ketones is 1. The minimum Gasteiger partial charge on any atom is -0.482 e. The van der Waals surface area contributed by atoms with Gasteiger partial charge < -0.3 is 15.8 Å². The summed E-state index contributed by atoms with van der Waals surface area (Å²) in [5.74, 6) is 0.260. The first-order chi connectivity index (χ1) is 10.5. The predicted molar refractivity (Wildman–Crippen MR) is 85.9 cm³/mol. The molecule has 5 nitrogen and oxygen atoms in total. The van der Waals surface area contributed by atoms with E-state index in [2.05, 4.69) is 5.32 Å². The third-order valence-corrected chi connectivity index (χ3v) is 3.90. The Labute approximate surface area is 131 Å². The van der Waals surface area contributed by atoms with Crippen LogP contribution in [0.5, 0.6) is 5.75 Å². The van der Waals surface area contributed by atoms with E-state index in [9.17, 15) is 9.59 Å². The van der Waals surface area contributed by atoms with Crippen molar-refractivity contribution < 1.29 is 14.3 Å². The van der Waals surface area contributed by atoms with Gasteiger partial charge in [0.1, 0.15) is 5.75 Å². The normalized spacial score (nSPS) is 15.0. The van der Waals surface area contributed by atoms with E-state index in [0.29, 0.717) is 17.0 Å². The van der Waals surface area contributed by atoms with Crippen molar-refractivity contribution in [3.8, 4) is 5.75 Å². The standard InChI is InChI=1S/C17H24N2O3/c1-11(2)17(21)12-7-8-15(14(18)9-12)22-10-16(20)19-13-5-3-4-6-13/h7-9,11,13H,3-6,10,18H2,1-2H3,(H,19,20). The first kappa shape index (κ1) is 16.3. The average molecular weight is 304 g/mol. The molecule has 1 aliphatic rings. The van der Waals surface area contributed by atoms with E-state index in [0.717, 1.165) is 12.8 Å². The van der Waals surface area contributed by atoms with Crippen molar-refractivity contribution in [2.75, 3.05) is 12.3 Å². The third kappa shape index (κ3) is 4.23. The number of Topliss-reactive ketones (excluding diaryl/α,β-unsaturated/α-hetero) is 1. The van der Waals surface area contributed by atoms with Gasteiger partial charge in [0.05, 0.1) is 5.69 Å². The van der Waals surface area contributed by atoms with Gasteiger partial charge in [0.25, 0.3) is 5.91 Å². The molecule has 0 unspecified atom stereocenters. The highest BCUT2D eigenvalue weighted by Gasteiger charge is 2.18. The summed E-state index contributed by atoms with van der Waals surface area (Å²) in [4.78, 5) is 23.7. The fourth-order valence-corrected chi connectivity index (χ4v) is 2.65. The zero-order valence-corrected chi connectivity index (χ0v) is 13.2. The first-order valence-corrected chi connectivity index (χ1v) is 7.83. The topological polar surface area (TPSA) is 81.4 Å². The average Bonchev–Trinajstić information content (AvgIpc) is 2.97. The highest BCUT2D eigenvalue weighted by Crippen LogP contribution is 2.24. The number of benzene rings is 1. The largest absolute Gasteiger partial charge is 0.482 e. The number of carbonyl (C=O) groups is 2. The molecule has 1 aromatic carbocycles. The Morgan fingerprint density at radius 1 is 1.32 bits per heavy atom. The van der Waals surface area contributed by atoms with Gasteiger partial charge in [0.15, 0.2) is 12.4 Å². The Kier molecular flexibility index (Phi) is 5.41. The molecule has 0 bridgehead atoms. The Morgan fingerprint density at radius 3 is 2.59 bits per heavy atom. The smallest absolute Gasteiger partial charge is 0.258 e. The predicted octanol–water partition coefficient (Wildman–Crippen LogP) is 2.55. The zero-order valence-electron chi connectivity index (χ0n) is 13.2. The lowest BCUT2D eigenvalue weighted by Gasteiger charge is -2.14. The summed E-state index contributed by atoms with van der Waals surface area (Å²) in [7, 11) is 0. The van der Waals surface area contributed by atoms with Gasteiger partial charge in [-0.1, -0.05) is 26.7 Å². The van der Waals surface area contributed by atoms with Crippen molar-refractivity contribution in [2.45, 2.75) is 45.6 Å². The number of carbonyl (C=O) groups excluding carboxylic acids is 2. The van der Waals surface area contributed by atoms with Gasteiger partial charge in [-0.25, -0.2) is 0 Å². The number of rotatable bonds is 6. The van der Waals surface area contributed by atoms with E-state index in [4.69, 9.17) is 10.5 Å². The quantitative estimate of drug-likeness (QED) is 0.625. The molecular formula is C17H24N2O3. The summed E-state index contributed by atoms with van der Waals surface area (Å²) in [6.07, 6.45) is 4.42. The molecule has 0 heterocycles. The van der Waals surface area contributed by atoms with E-state index >= 15 is 0 Å². The molecule has 120 valence electrons. The third-order valence-electron chi connectivity index (χ3n) is 3.90. The highest BCUT2D eigenvalue weighted by molar-refractivity contribution is 5.98. The van der Waals surface area contributed by atoms with E-state index < -0.39 is 0 Å². The lowest BCUT2D eigenvalue weighted by Crippen LogP contribution is -2.36. The van der Waals surface area contributed by atoms with Crippen molar-refractivity contribution >= 4 is 17.4 Å². The fraction of sp³-hybridized carbons (Fsp3) is 0.529. The maximum Gasteiger partial charge on any atom is 0.258 e. The van der Waals surface area contributed by atoms with Crippen LogP contribution in [-0.4, -0.2) is 24.3 Å². The molecule has 0 saturated heterocycles. The molecule has 0 atom stereocenters. The molecule has 2 rings (SSSR count). The van der Waals surface area contributed by atoms with E-state index in [1.54, 1.807) is 18.2 Å². The Balaban J connectivity index is 1.89. The summed E-state index contributed by atoms with van der Waals surface area (Å²) in [6.45, 7) is 3.63. The minimum absolute atomic E-state index is 0.0391. The molecule has 0 aliphatic heterocycles. The van der Waals surface area contributed by atoms with Crippen LogP contribution in [-0.2, 0) is 4.79 Å².